The van der Waals surface area contributed by atoms with Gasteiger partial charge in [-0.25, -0.2) is 9.59 Å². The highest BCUT2D eigenvalue weighted by Gasteiger charge is 2.22. The minimum atomic E-state index is -0.631. The minimum Gasteiger partial charge on any atom is -0.447 e. The van der Waals surface area contributed by atoms with Crippen molar-refractivity contribution in [1.82, 2.24) is 16.0 Å². The molecule has 0 aliphatic rings. The molecule has 0 saturated carbocycles. The van der Waals surface area contributed by atoms with Gasteiger partial charge >= 0.3 is 12.2 Å². The molecule has 0 aromatic carbocycles. The third-order valence-corrected chi connectivity index (χ3v) is 8.41. The van der Waals surface area contributed by atoms with E-state index in [1.54, 1.807) is 7.11 Å². The van der Waals surface area contributed by atoms with Crippen LogP contribution >= 0.6 is 0 Å². The van der Waals surface area contributed by atoms with Crippen molar-refractivity contribution in [2.75, 3.05) is 40.0 Å². The third-order valence-electron chi connectivity index (χ3n) is 8.41. The zero-order chi connectivity index (χ0) is 34.4. The van der Waals surface area contributed by atoms with E-state index >= 15 is 0 Å². The zero-order valence-electron chi connectivity index (χ0n) is 30.5. The second-order valence-electron chi connectivity index (χ2n) is 13.8. The van der Waals surface area contributed by atoms with E-state index in [9.17, 15) is 14.4 Å². The van der Waals surface area contributed by atoms with Gasteiger partial charge in [-0.05, 0) is 53.4 Å². The number of methoxy groups -OCH3 is 1. The maximum Gasteiger partial charge on any atom is 0.407 e. The SMILES string of the molecule is CCCCCCCCCCCCCCCCCCNC(=O)OCC(COC(=O)NCCCC(C)(C)OCCC(C)(C)OC)NC=O. The van der Waals surface area contributed by atoms with Crippen LogP contribution in [-0.2, 0) is 23.7 Å². The van der Waals surface area contributed by atoms with Gasteiger partial charge in [0.25, 0.3) is 0 Å². The number of rotatable bonds is 32. The van der Waals surface area contributed by atoms with E-state index in [2.05, 4.69) is 22.9 Å². The summed E-state index contributed by atoms with van der Waals surface area (Å²) in [7, 11) is 1.69. The fraction of sp³-hybridized carbons (Fsp3) is 0.917. The Morgan fingerprint density at radius 3 is 1.50 bits per heavy atom. The minimum absolute atomic E-state index is 0.0950. The van der Waals surface area contributed by atoms with Gasteiger partial charge in [0.05, 0.1) is 23.9 Å². The average Bonchev–Trinajstić information content (AvgIpc) is 3.02. The molecule has 0 saturated heterocycles. The third kappa shape index (κ3) is 29.3. The summed E-state index contributed by atoms with van der Waals surface area (Å²) in [6.07, 6.45) is 22.5. The maximum absolute atomic E-state index is 12.1. The Morgan fingerprint density at radius 1 is 0.630 bits per heavy atom. The fourth-order valence-corrected chi connectivity index (χ4v) is 5.01. The number of alkyl carbamates (subject to hydrolysis) is 2. The Balaban J connectivity index is 3.79. The molecule has 0 bridgehead atoms. The second-order valence-corrected chi connectivity index (χ2v) is 13.8. The lowest BCUT2D eigenvalue weighted by molar-refractivity contribution is -0.110. The summed E-state index contributed by atoms with van der Waals surface area (Å²) in [5, 5.41) is 7.98. The summed E-state index contributed by atoms with van der Waals surface area (Å²) in [6, 6.07) is -0.631. The van der Waals surface area contributed by atoms with Gasteiger partial charge in [0, 0.05) is 20.2 Å². The first kappa shape index (κ1) is 43.9. The van der Waals surface area contributed by atoms with Crippen molar-refractivity contribution in [3.05, 3.63) is 0 Å². The molecule has 3 amide bonds. The van der Waals surface area contributed by atoms with Gasteiger partial charge in [0.1, 0.15) is 13.2 Å². The molecule has 0 aromatic rings. The highest BCUT2D eigenvalue weighted by atomic mass is 16.6. The predicted molar refractivity (Wildman–Crippen MR) is 186 cm³/mol. The lowest BCUT2D eigenvalue weighted by Crippen LogP contribution is -2.41. The van der Waals surface area contributed by atoms with E-state index in [-0.39, 0.29) is 24.4 Å². The summed E-state index contributed by atoms with van der Waals surface area (Å²) in [6.45, 7) is 11.7. The molecule has 0 aliphatic carbocycles. The number of unbranched alkanes of at least 4 members (excludes halogenated alkanes) is 15. The van der Waals surface area contributed by atoms with Crippen LogP contribution < -0.4 is 16.0 Å². The summed E-state index contributed by atoms with van der Waals surface area (Å²) < 4.78 is 21.8. The van der Waals surface area contributed by atoms with Crippen LogP contribution in [0.3, 0.4) is 0 Å². The first-order valence-corrected chi connectivity index (χ1v) is 18.2. The summed E-state index contributed by atoms with van der Waals surface area (Å²) >= 11 is 0. The molecule has 46 heavy (non-hydrogen) atoms. The Kier molecular flexibility index (Phi) is 27.8. The molecule has 0 aliphatic heterocycles. The zero-order valence-corrected chi connectivity index (χ0v) is 30.5. The van der Waals surface area contributed by atoms with Gasteiger partial charge in [-0.3, -0.25) is 4.79 Å². The number of carbonyl (C=O) groups is 3. The van der Waals surface area contributed by atoms with Gasteiger partial charge in [0.15, 0.2) is 0 Å². The summed E-state index contributed by atoms with van der Waals surface area (Å²) in [5.41, 5.74) is -0.545. The molecule has 0 spiro atoms. The monoisotopic (exact) mass is 658 g/mol. The van der Waals surface area contributed by atoms with E-state index in [0.29, 0.717) is 32.5 Å². The molecule has 10 nitrogen and oxygen atoms in total. The van der Waals surface area contributed by atoms with Crippen LogP contribution in [-0.4, -0.2) is 75.9 Å². The van der Waals surface area contributed by atoms with Crippen molar-refractivity contribution < 1.29 is 33.3 Å². The maximum atomic E-state index is 12.1. The van der Waals surface area contributed by atoms with E-state index in [4.69, 9.17) is 18.9 Å². The van der Waals surface area contributed by atoms with Crippen LogP contribution in [0.2, 0.25) is 0 Å². The van der Waals surface area contributed by atoms with Crippen molar-refractivity contribution in [2.24, 2.45) is 0 Å². The molecule has 0 rings (SSSR count). The van der Waals surface area contributed by atoms with Crippen molar-refractivity contribution in [2.45, 2.75) is 174 Å². The van der Waals surface area contributed by atoms with Crippen molar-refractivity contribution in [1.29, 1.82) is 0 Å². The molecular formula is C36H71N3O7. The first-order valence-electron chi connectivity index (χ1n) is 18.2. The van der Waals surface area contributed by atoms with Crippen molar-refractivity contribution >= 4 is 18.6 Å². The molecular weight excluding hydrogens is 586 g/mol. The van der Waals surface area contributed by atoms with Crippen LogP contribution in [0.4, 0.5) is 9.59 Å². The van der Waals surface area contributed by atoms with Crippen LogP contribution in [0.25, 0.3) is 0 Å². The van der Waals surface area contributed by atoms with E-state index in [0.717, 1.165) is 25.7 Å². The van der Waals surface area contributed by atoms with Gasteiger partial charge in [-0.15, -0.1) is 0 Å². The van der Waals surface area contributed by atoms with Crippen molar-refractivity contribution in [3.63, 3.8) is 0 Å². The number of ether oxygens (including phenoxy) is 4. The number of hydrogen-bond donors (Lipinski definition) is 3. The lowest BCUT2D eigenvalue weighted by Gasteiger charge is -2.29. The lowest BCUT2D eigenvalue weighted by atomic mass is 10.0. The highest BCUT2D eigenvalue weighted by Crippen LogP contribution is 2.20. The number of amides is 3. The molecule has 0 aromatic heterocycles. The first-order chi connectivity index (χ1) is 22.0. The van der Waals surface area contributed by atoms with Crippen molar-refractivity contribution in [3.8, 4) is 0 Å². The largest absolute Gasteiger partial charge is 0.447 e. The molecule has 3 N–H and O–H groups in total. The normalized spacial score (nSPS) is 12.4. The Labute approximate surface area is 281 Å². The molecule has 1 unspecified atom stereocenters. The summed E-state index contributed by atoms with van der Waals surface area (Å²) in [4.78, 5) is 35.1. The fourth-order valence-electron chi connectivity index (χ4n) is 5.01. The Hall–Kier alpha value is -2.07. The highest BCUT2D eigenvalue weighted by molar-refractivity contribution is 5.67. The predicted octanol–water partition coefficient (Wildman–Crippen LogP) is 8.21. The second kappa shape index (κ2) is 29.1. The Bertz CT molecular complexity index is 749. The molecule has 0 heterocycles. The molecule has 272 valence electrons. The van der Waals surface area contributed by atoms with E-state index in [1.807, 2.05) is 27.7 Å². The molecule has 0 fully saturated rings. The van der Waals surface area contributed by atoms with E-state index < -0.39 is 18.2 Å². The quantitative estimate of drug-likeness (QED) is 0.0492. The molecule has 10 heteroatoms. The number of nitrogens with one attached hydrogen (secondary N) is 3. The standard InChI is InChI=1S/C36H71N3O7/c1-7-8-9-10-11-12-13-14-15-16-17-18-19-20-21-22-26-37-33(41)44-29-32(39-31-40)30-45-34(42)38-27-23-24-36(4,5)46-28-25-35(2,3)43-6/h31-32H,7-30H2,1-6H3,(H,37,41)(H,38,42)(H,39,40). The molecule has 1 atom stereocenters. The van der Waals surface area contributed by atoms with Gasteiger partial charge in [-0.1, -0.05) is 103 Å². The molecule has 0 radical (unpaired) electrons. The van der Waals surface area contributed by atoms with Gasteiger partial charge < -0.3 is 34.9 Å². The van der Waals surface area contributed by atoms with Crippen LogP contribution in [0.5, 0.6) is 0 Å². The number of carbonyl (C=O) groups excluding carboxylic acids is 3. The van der Waals surface area contributed by atoms with Crippen LogP contribution in [0.1, 0.15) is 157 Å². The summed E-state index contributed by atoms with van der Waals surface area (Å²) in [5.74, 6) is 0. The average molecular weight is 658 g/mol. The van der Waals surface area contributed by atoms with Crippen LogP contribution in [0.15, 0.2) is 0 Å². The topological polar surface area (TPSA) is 124 Å². The van der Waals surface area contributed by atoms with E-state index in [1.165, 1.54) is 89.9 Å². The van der Waals surface area contributed by atoms with Gasteiger partial charge in [0.2, 0.25) is 6.41 Å². The number of hydrogen-bond acceptors (Lipinski definition) is 7. The van der Waals surface area contributed by atoms with Gasteiger partial charge in [-0.2, -0.15) is 0 Å². The van der Waals surface area contributed by atoms with Crippen LogP contribution in [0, 0.1) is 0 Å². The Morgan fingerprint density at radius 2 is 1.07 bits per heavy atom. The smallest absolute Gasteiger partial charge is 0.407 e.